The zero-order valence-electron chi connectivity index (χ0n) is 6.85. The molecular weight excluding hydrogens is 258 g/mol. The highest BCUT2D eigenvalue weighted by atomic mass is 79.9. The highest BCUT2D eigenvalue weighted by molar-refractivity contribution is 9.10. The van der Waals surface area contributed by atoms with E-state index in [2.05, 4.69) is 15.9 Å². The van der Waals surface area contributed by atoms with Gasteiger partial charge in [0.1, 0.15) is 5.82 Å². The molecule has 0 saturated carbocycles. The van der Waals surface area contributed by atoms with Crippen LogP contribution in [-0.4, -0.2) is 11.2 Å². The lowest BCUT2D eigenvalue weighted by Gasteiger charge is -2.03. The first-order valence-electron chi connectivity index (χ1n) is 3.65. The van der Waals surface area contributed by atoms with Crippen molar-refractivity contribution in [1.29, 1.82) is 0 Å². The van der Waals surface area contributed by atoms with Gasteiger partial charge in [-0.25, -0.2) is 4.39 Å². The monoisotopic (exact) mass is 264 g/mol. The van der Waals surface area contributed by atoms with Crippen molar-refractivity contribution in [3.8, 4) is 0 Å². The maximum Gasteiger partial charge on any atom is 0.180 e. The molecule has 0 aliphatic carbocycles. The van der Waals surface area contributed by atoms with Crippen LogP contribution in [0.15, 0.2) is 22.7 Å². The molecule has 0 aliphatic rings. The molecule has 1 unspecified atom stereocenters. The Hall–Kier alpha value is -0.410. The number of benzene rings is 1. The number of halogens is 3. The summed E-state index contributed by atoms with van der Waals surface area (Å²) < 4.78 is 13.0. The Morgan fingerprint density at radius 3 is 2.69 bits per heavy atom. The van der Waals surface area contributed by atoms with E-state index in [9.17, 15) is 9.18 Å². The van der Waals surface area contributed by atoms with Crippen LogP contribution in [-0.2, 0) is 0 Å². The van der Waals surface area contributed by atoms with Crippen molar-refractivity contribution in [3.05, 3.63) is 34.1 Å². The minimum absolute atomic E-state index is 0.206. The molecule has 1 rings (SSSR count). The summed E-state index contributed by atoms with van der Waals surface area (Å²) in [6.07, 6.45) is 0. The molecule has 0 bridgehead atoms. The first-order valence-corrected chi connectivity index (χ1v) is 4.88. The summed E-state index contributed by atoms with van der Waals surface area (Å²) in [6, 6.07) is 4.08. The third-order valence-electron chi connectivity index (χ3n) is 1.57. The molecule has 0 saturated heterocycles. The van der Waals surface area contributed by atoms with Gasteiger partial charge in [0.05, 0.1) is 9.85 Å². The number of carbonyl (C=O) groups excluding carboxylic acids is 1. The van der Waals surface area contributed by atoms with Gasteiger partial charge in [0, 0.05) is 5.56 Å². The van der Waals surface area contributed by atoms with E-state index in [0.29, 0.717) is 5.56 Å². The third kappa shape index (κ3) is 2.51. The second kappa shape index (κ2) is 4.20. The molecule has 0 fully saturated rings. The smallest absolute Gasteiger partial charge is 0.180 e. The molecule has 1 atom stereocenters. The second-order valence-corrected chi connectivity index (χ2v) is 4.12. The molecule has 0 N–H and O–H groups in total. The molecule has 0 heterocycles. The number of ketones is 1. The summed E-state index contributed by atoms with van der Waals surface area (Å²) in [7, 11) is 0. The lowest BCUT2D eigenvalue weighted by Crippen LogP contribution is -2.10. The van der Waals surface area contributed by atoms with Crippen LogP contribution in [0.1, 0.15) is 17.3 Å². The summed E-state index contributed by atoms with van der Waals surface area (Å²) in [6.45, 7) is 1.58. The van der Waals surface area contributed by atoms with Gasteiger partial charge in [0.2, 0.25) is 0 Å². The van der Waals surface area contributed by atoms with Crippen molar-refractivity contribution in [2.24, 2.45) is 0 Å². The maximum absolute atomic E-state index is 12.8. The summed E-state index contributed by atoms with van der Waals surface area (Å²) in [4.78, 5) is 11.3. The SMILES string of the molecule is CC(Cl)C(=O)c1ccc(F)c(Br)c1. The fourth-order valence-corrected chi connectivity index (χ4v) is 1.38. The second-order valence-electron chi connectivity index (χ2n) is 2.61. The molecule has 0 spiro atoms. The molecule has 1 aromatic carbocycles. The number of Topliss-reactive ketones (excluding diaryl/α,β-unsaturated/α-hetero) is 1. The van der Waals surface area contributed by atoms with Crippen molar-refractivity contribution in [2.75, 3.05) is 0 Å². The predicted octanol–water partition coefficient (Wildman–Crippen LogP) is 3.40. The highest BCUT2D eigenvalue weighted by Crippen LogP contribution is 2.18. The Labute approximate surface area is 89.0 Å². The van der Waals surface area contributed by atoms with E-state index in [-0.39, 0.29) is 10.3 Å². The Bertz CT molecular complexity index is 338. The zero-order valence-corrected chi connectivity index (χ0v) is 9.19. The van der Waals surface area contributed by atoms with Crippen molar-refractivity contribution in [2.45, 2.75) is 12.3 Å². The van der Waals surface area contributed by atoms with E-state index in [1.807, 2.05) is 0 Å². The van der Waals surface area contributed by atoms with E-state index in [4.69, 9.17) is 11.6 Å². The Morgan fingerprint density at radius 2 is 2.23 bits per heavy atom. The minimum atomic E-state index is -0.586. The van der Waals surface area contributed by atoms with Gasteiger partial charge in [0.25, 0.3) is 0 Å². The Balaban J connectivity index is 3.04. The fraction of sp³-hybridized carbons (Fsp3) is 0.222. The largest absolute Gasteiger partial charge is 0.293 e. The normalized spacial score (nSPS) is 12.6. The van der Waals surface area contributed by atoms with Crippen molar-refractivity contribution < 1.29 is 9.18 Å². The third-order valence-corrected chi connectivity index (χ3v) is 2.37. The van der Waals surface area contributed by atoms with Crippen LogP contribution in [0.25, 0.3) is 0 Å². The predicted molar refractivity (Wildman–Crippen MR) is 53.7 cm³/mol. The van der Waals surface area contributed by atoms with Crippen molar-refractivity contribution in [1.82, 2.24) is 0 Å². The number of hydrogen-bond acceptors (Lipinski definition) is 1. The quantitative estimate of drug-likeness (QED) is 0.592. The molecule has 0 aliphatic heterocycles. The molecule has 0 amide bonds. The van der Waals surface area contributed by atoms with Gasteiger partial charge in [-0.1, -0.05) is 0 Å². The van der Waals surface area contributed by atoms with E-state index >= 15 is 0 Å². The molecular formula is C9H7BrClFO. The van der Waals surface area contributed by atoms with Crippen LogP contribution in [0.2, 0.25) is 0 Å². The number of alkyl halides is 1. The summed E-state index contributed by atoms with van der Waals surface area (Å²) in [5.41, 5.74) is 0.413. The summed E-state index contributed by atoms with van der Waals surface area (Å²) in [5, 5.41) is -0.586. The maximum atomic E-state index is 12.8. The van der Waals surface area contributed by atoms with Crippen LogP contribution in [0.3, 0.4) is 0 Å². The van der Waals surface area contributed by atoms with E-state index in [1.54, 1.807) is 6.92 Å². The molecule has 1 nitrogen and oxygen atoms in total. The van der Waals surface area contributed by atoms with Crippen molar-refractivity contribution >= 4 is 33.3 Å². The molecule has 0 radical (unpaired) electrons. The van der Waals surface area contributed by atoms with Gasteiger partial charge in [0.15, 0.2) is 5.78 Å². The molecule has 4 heteroatoms. The lowest BCUT2D eigenvalue weighted by molar-refractivity contribution is 0.0991. The standard InChI is InChI=1S/C9H7BrClFO/c1-5(11)9(13)6-2-3-8(12)7(10)4-6/h2-5H,1H3. The number of rotatable bonds is 2. The average molecular weight is 266 g/mol. The Morgan fingerprint density at radius 1 is 1.62 bits per heavy atom. The number of carbonyl (C=O) groups is 1. The molecule has 0 aromatic heterocycles. The van der Waals surface area contributed by atoms with Gasteiger partial charge in [-0.2, -0.15) is 0 Å². The topological polar surface area (TPSA) is 17.1 Å². The number of hydrogen-bond donors (Lipinski definition) is 0. The molecule has 13 heavy (non-hydrogen) atoms. The summed E-state index contributed by atoms with van der Waals surface area (Å²) in [5.74, 6) is -0.596. The summed E-state index contributed by atoms with van der Waals surface area (Å²) >= 11 is 8.59. The van der Waals surface area contributed by atoms with Gasteiger partial charge >= 0.3 is 0 Å². The van der Waals surface area contributed by atoms with Gasteiger partial charge in [-0.05, 0) is 41.1 Å². The van der Waals surface area contributed by atoms with Crippen LogP contribution in [0, 0.1) is 5.82 Å². The molecule has 1 aromatic rings. The van der Waals surface area contributed by atoms with Crippen molar-refractivity contribution in [3.63, 3.8) is 0 Å². The van der Waals surface area contributed by atoms with Crippen LogP contribution in [0.4, 0.5) is 4.39 Å². The van der Waals surface area contributed by atoms with Crippen LogP contribution >= 0.6 is 27.5 Å². The first-order chi connectivity index (χ1) is 6.02. The van der Waals surface area contributed by atoms with Gasteiger partial charge in [-0.3, -0.25) is 4.79 Å². The van der Waals surface area contributed by atoms with Crippen LogP contribution in [0.5, 0.6) is 0 Å². The van der Waals surface area contributed by atoms with E-state index in [1.165, 1.54) is 18.2 Å². The van der Waals surface area contributed by atoms with Crippen LogP contribution < -0.4 is 0 Å². The lowest BCUT2D eigenvalue weighted by atomic mass is 10.1. The Kier molecular flexibility index (Phi) is 3.45. The minimum Gasteiger partial charge on any atom is -0.293 e. The fourth-order valence-electron chi connectivity index (χ4n) is 0.879. The van der Waals surface area contributed by atoms with E-state index < -0.39 is 11.2 Å². The van der Waals surface area contributed by atoms with Gasteiger partial charge < -0.3 is 0 Å². The van der Waals surface area contributed by atoms with Gasteiger partial charge in [-0.15, -0.1) is 11.6 Å². The molecule has 70 valence electrons. The van der Waals surface area contributed by atoms with E-state index in [0.717, 1.165) is 0 Å². The first kappa shape index (κ1) is 10.7. The zero-order chi connectivity index (χ0) is 10.0. The average Bonchev–Trinajstić information content (AvgIpc) is 2.08. The highest BCUT2D eigenvalue weighted by Gasteiger charge is 2.13.